The minimum Gasteiger partial charge on any atom is -0.387 e. The summed E-state index contributed by atoms with van der Waals surface area (Å²) in [6.45, 7) is 0.790. The molecule has 3 N–H and O–H groups in total. The molecule has 20 heavy (non-hydrogen) atoms. The normalized spacial score (nSPS) is 11.8. The van der Waals surface area contributed by atoms with Crippen LogP contribution in [0.25, 0.3) is 0 Å². The Bertz CT molecular complexity index is 514. The first-order valence-corrected chi connectivity index (χ1v) is 7.46. The Kier molecular flexibility index (Phi) is 5.58. The Morgan fingerprint density at radius 3 is 2.70 bits per heavy atom. The van der Waals surface area contributed by atoms with Crippen molar-refractivity contribution in [3.63, 3.8) is 0 Å². The molecule has 0 bridgehead atoms. The van der Waals surface area contributed by atoms with Gasteiger partial charge in [-0.25, -0.2) is 4.79 Å². The molecule has 0 spiro atoms. The average molecular weight is 290 g/mol. The van der Waals surface area contributed by atoms with Crippen molar-refractivity contribution in [1.82, 2.24) is 10.6 Å². The van der Waals surface area contributed by atoms with E-state index in [4.69, 9.17) is 0 Å². The van der Waals surface area contributed by atoms with Gasteiger partial charge in [0.25, 0.3) is 0 Å². The van der Waals surface area contributed by atoms with Gasteiger partial charge in [0.15, 0.2) is 0 Å². The number of hydrogen-bond acceptors (Lipinski definition) is 3. The van der Waals surface area contributed by atoms with Crippen molar-refractivity contribution in [3.8, 4) is 0 Å². The van der Waals surface area contributed by atoms with Crippen molar-refractivity contribution in [3.05, 3.63) is 58.3 Å². The maximum absolute atomic E-state index is 11.6. The second-order valence-electron chi connectivity index (χ2n) is 4.44. The predicted octanol–water partition coefficient (Wildman–Crippen LogP) is 2.32. The first-order valence-electron chi connectivity index (χ1n) is 6.51. The minimum absolute atomic E-state index is 0.216. The van der Waals surface area contributed by atoms with E-state index in [1.54, 1.807) is 0 Å². The Balaban J connectivity index is 1.63. The van der Waals surface area contributed by atoms with Gasteiger partial charge in [-0.2, -0.15) is 11.3 Å². The van der Waals surface area contributed by atoms with Gasteiger partial charge < -0.3 is 15.7 Å². The summed E-state index contributed by atoms with van der Waals surface area (Å²) in [5.41, 5.74) is 2.02. The largest absolute Gasteiger partial charge is 0.387 e. The monoisotopic (exact) mass is 290 g/mol. The highest BCUT2D eigenvalue weighted by Crippen LogP contribution is 2.14. The van der Waals surface area contributed by atoms with Crippen LogP contribution in [0.4, 0.5) is 4.79 Å². The third kappa shape index (κ3) is 4.68. The fourth-order valence-electron chi connectivity index (χ4n) is 1.80. The summed E-state index contributed by atoms with van der Waals surface area (Å²) in [6.07, 6.45) is 0.141. The molecule has 106 valence electrons. The molecule has 1 atom stereocenters. The van der Waals surface area contributed by atoms with Gasteiger partial charge in [-0.1, -0.05) is 30.3 Å². The zero-order chi connectivity index (χ0) is 14.2. The first-order chi connectivity index (χ1) is 9.75. The smallest absolute Gasteiger partial charge is 0.314 e. The van der Waals surface area contributed by atoms with E-state index in [0.717, 1.165) is 12.0 Å². The molecule has 5 heteroatoms. The second-order valence-corrected chi connectivity index (χ2v) is 5.22. The van der Waals surface area contributed by atoms with Crippen LogP contribution in [-0.2, 0) is 6.42 Å². The lowest BCUT2D eigenvalue weighted by molar-refractivity contribution is 0.173. The van der Waals surface area contributed by atoms with E-state index in [2.05, 4.69) is 10.6 Å². The van der Waals surface area contributed by atoms with Gasteiger partial charge in [-0.15, -0.1) is 0 Å². The molecule has 1 unspecified atom stereocenters. The predicted molar refractivity (Wildman–Crippen MR) is 80.8 cm³/mol. The van der Waals surface area contributed by atoms with E-state index < -0.39 is 6.10 Å². The number of thiophene rings is 1. The molecule has 1 heterocycles. The van der Waals surface area contributed by atoms with Crippen LogP contribution in [-0.4, -0.2) is 24.2 Å². The van der Waals surface area contributed by atoms with Gasteiger partial charge in [0.05, 0.1) is 6.10 Å². The highest BCUT2D eigenvalue weighted by Gasteiger charge is 2.09. The summed E-state index contributed by atoms with van der Waals surface area (Å²) < 4.78 is 0. The molecule has 0 aliphatic rings. The van der Waals surface area contributed by atoms with Crippen molar-refractivity contribution in [2.75, 3.05) is 13.1 Å². The minimum atomic E-state index is -0.652. The van der Waals surface area contributed by atoms with Crippen molar-refractivity contribution < 1.29 is 9.90 Å². The van der Waals surface area contributed by atoms with E-state index in [1.165, 1.54) is 16.9 Å². The van der Waals surface area contributed by atoms with Crippen molar-refractivity contribution >= 4 is 17.4 Å². The number of benzene rings is 1. The number of aliphatic hydroxyl groups is 1. The van der Waals surface area contributed by atoms with Crippen LogP contribution in [0.2, 0.25) is 0 Å². The molecule has 2 aromatic rings. The number of rotatable bonds is 6. The highest BCUT2D eigenvalue weighted by molar-refractivity contribution is 7.07. The maximum Gasteiger partial charge on any atom is 0.314 e. The van der Waals surface area contributed by atoms with Crippen LogP contribution in [0.5, 0.6) is 0 Å². The molecule has 0 fully saturated rings. The third-order valence-electron chi connectivity index (χ3n) is 2.93. The van der Waals surface area contributed by atoms with Gasteiger partial charge in [0, 0.05) is 13.1 Å². The molecule has 0 aliphatic heterocycles. The van der Waals surface area contributed by atoms with Crippen LogP contribution < -0.4 is 10.6 Å². The number of hydrogen-bond donors (Lipinski definition) is 3. The summed E-state index contributed by atoms with van der Waals surface area (Å²) in [6, 6.07) is 11.6. The third-order valence-corrected chi connectivity index (χ3v) is 3.63. The topological polar surface area (TPSA) is 61.4 Å². The van der Waals surface area contributed by atoms with Crippen molar-refractivity contribution in [2.24, 2.45) is 0 Å². The van der Waals surface area contributed by atoms with E-state index in [9.17, 15) is 9.90 Å². The zero-order valence-electron chi connectivity index (χ0n) is 11.1. The number of nitrogens with one attached hydrogen (secondary N) is 2. The summed E-state index contributed by atoms with van der Waals surface area (Å²) >= 11 is 1.53. The number of carbonyl (C=O) groups is 1. The summed E-state index contributed by atoms with van der Waals surface area (Å²) in [7, 11) is 0. The van der Waals surface area contributed by atoms with E-state index in [0.29, 0.717) is 6.54 Å². The molecular formula is C15H18N2O2S. The van der Waals surface area contributed by atoms with Gasteiger partial charge >= 0.3 is 6.03 Å². The Hall–Kier alpha value is -1.85. The molecule has 0 saturated carbocycles. The molecule has 0 aliphatic carbocycles. The number of urea groups is 1. The van der Waals surface area contributed by atoms with Gasteiger partial charge in [-0.05, 0) is 34.4 Å². The highest BCUT2D eigenvalue weighted by atomic mass is 32.1. The quantitative estimate of drug-likeness (QED) is 0.764. The Labute approximate surface area is 122 Å². The SMILES string of the molecule is O=C(NCCc1ccccc1)NCC(O)c1ccsc1. The van der Waals surface area contributed by atoms with E-state index in [1.807, 2.05) is 47.2 Å². The fraction of sp³-hybridized carbons (Fsp3) is 0.267. The molecule has 0 radical (unpaired) electrons. The molecule has 2 rings (SSSR count). The molecule has 1 aromatic heterocycles. The van der Waals surface area contributed by atoms with Crippen LogP contribution in [0.1, 0.15) is 17.2 Å². The summed E-state index contributed by atoms with van der Waals surface area (Å²) in [5, 5.41) is 19.0. The van der Waals surface area contributed by atoms with E-state index >= 15 is 0 Å². The van der Waals surface area contributed by atoms with Gasteiger partial charge in [-0.3, -0.25) is 0 Å². The van der Waals surface area contributed by atoms with E-state index in [-0.39, 0.29) is 12.6 Å². The number of amides is 2. The van der Waals surface area contributed by atoms with Crippen LogP contribution >= 0.6 is 11.3 Å². The number of aliphatic hydroxyl groups excluding tert-OH is 1. The average Bonchev–Trinajstić information content (AvgIpc) is 3.00. The van der Waals surface area contributed by atoms with Crippen LogP contribution in [0.15, 0.2) is 47.2 Å². The lowest BCUT2D eigenvalue weighted by Gasteiger charge is -2.11. The van der Waals surface area contributed by atoms with Gasteiger partial charge in [0.2, 0.25) is 0 Å². The second kappa shape index (κ2) is 7.67. The molecular weight excluding hydrogens is 272 g/mol. The lowest BCUT2D eigenvalue weighted by atomic mass is 10.1. The van der Waals surface area contributed by atoms with Crippen molar-refractivity contribution in [2.45, 2.75) is 12.5 Å². The molecule has 4 nitrogen and oxygen atoms in total. The van der Waals surface area contributed by atoms with Crippen LogP contribution in [0.3, 0.4) is 0 Å². The van der Waals surface area contributed by atoms with Crippen molar-refractivity contribution in [1.29, 1.82) is 0 Å². The molecule has 0 saturated heterocycles. The van der Waals surface area contributed by atoms with Gasteiger partial charge in [0.1, 0.15) is 0 Å². The summed E-state index contributed by atoms with van der Waals surface area (Å²) in [4.78, 5) is 11.6. The fourth-order valence-corrected chi connectivity index (χ4v) is 2.51. The first kappa shape index (κ1) is 14.6. The van der Waals surface area contributed by atoms with Crippen LogP contribution in [0, 0.1) is 0 Å². The Morgan fingerprint density at radius 2 is 2.00 bits per heavy atom. The lowest BCUT2D eigenvalue weighted by Crippen LogP contribution is -2.38. The molecule has 1 aromatic carbocycles. The standard InChI is InChI=1S/C15H18N2O2S/c18-14(13-7-9-20-11-13)10-17-15(19)16-8-6-12-4-2-1-3-5-12/h1-5,7,9,11,14,18H,6,8,10H2,(H2,16,17,19). The number of carbonyl (C=O) groups excluding carboxylic acids is 1. The summed E-state index contributed by atoms with van der Waals surface area (Å²) in [5.74, 6) is 0. The maximum atomic E-state index is 11.6. The zero-order valence-corrected chi connectivity index (χ0v) is 11.9. The Morgan fingerprint density at radius 1 is 1.20 bits per heavy atom. The molecule has 2 amide bonds.